The fraction of sp³-hybridized carbons (Fsp3) is 0.875. The molecule has 0 amide bonds. The summed E-state index contributed by atoms with van der Waals surface area (Å²) >= 11 is 0. The average Bonchev–Trinajstić information content (AvgIpc) is 2.52. The minimum Gasteiger partial charge on any atom is -0.469 e. The molecule has 1 aliphatic heterocycles. The van der Waals surface area contributed by atoms with E-state index in [4.69, 9.17) is 4.74 Å². The Morgan fingerprint density at radius 1 is 1.73 bits per heavy atom. The predicted octanol–water partition coefficient (Wildman–Crippen LogP) is 0.549. The Morgan fingerprint density at radius 2 is 2.45 bits per heavy atom. The monoisotopic (exact) mass is 157 g/mol. The SMILES string of the molecule is CCC1(C(=O)OC)CCNC1. The highest BCUT2D eigenvalue weighted by atomic mass is 16.5. The molecule has 0 aliphatic carbocycles. The van der Waals surface area contributed by atoms with E-state index >= 15 is 0 Å². The van der Waals surface area contributed by atoms with Crippen LogP contribution in [0.2, 0.25) is 0 Å². The van der Waals surface area contributed by atoms with Crippen LogP contribution in [0.15, 0.2) is 0 Å². The van der Waals surface area contributed by atoms with E-state index in [1.807, 2.05) is 6.92 Å². The molecule has 0 saturated carbocycles. The summed E-state index contributed by atoms with van der Waals surface area (Å²) in [5.74, 6) is -0.0648. The molecule has 64 valence electrons. The van der Waals surface area contributed by atoms with Crippen LogP contribution in [0, 0.1) is 5.41 Å². The highest BCUT2D eigenvalue weighted by Crippen LogP contribution is 2.30. The van der Waals surface area contributed by atoms with Gasteiger partial charge in [-0.2, -0.15) is 0 Å². The van der Waals surface area contributed by atoms with Gasteiger partial charge in [-0.25, -0.2) is 0 Å². The van der Waals surface area contributed by atoms with Gasteiger partial charge < -0.3 is 10.1 Å². The molecule has 1 heterocycles. The number of nitrogens with one attached hydrogen (secondary N) is 1. The third-order valence-electron chi connectivity index (χ3n) is 2.54. The lowest BCUT2D eigenvalue weighted by Crippen LogP contribution is -2.33. The lowest BCUT2D eigenvalue weighted by Gasteiger charge is -2.22. The fourth-order valence-corrected chi connectivity index (χ4v) is 1.58. The second kappa shape index (κ2) is 3.22. The van der Waals surface area contributed by atoms with E-state index in [0.717, 1.165) is 25.9 Å². The van der Waals surface area contributed by atoms with Crippen molar-refractivity contribution in [3.63, 3.8) is 0 Å². The van der Waals surface area contributed by atoms with Crippen molar-refractivity contribution >= 4 is 5.97 Å². The molecule has 1 N–H and O–H groups in total. The highest BCUT2D eigenvalue weighted by molar-refractivity contribution is 5.77. The molecule has 0 aromatic rings. The highest BCUT2D eigenvalue weighted by Gasteiger charge is 2.40. The molecular weight excluding hydrogens is 142 g/mol. The third-order valence-corrected chi connectivity index (χ3v) is 2.54. The molecule has 1 atom stereocenters. The summed E-state index contributed by atoms with van der Waals surface area (Å²) in [5, 5.41) is 3.18. The molecule has 0 radical (unpaired) electrons. The maximum absolute atomic E-state index is 11.3. The Labute approximate surface area is 67.1 Å². The Kier molecular flexibility index (Phi) is 2.49. The molecule has 1 aliphatic rings. The van der Waals surface area contributed by atoms with Crippen molar-refractivity contribution in [1.82, 2.24) is 5.32 Å². The van der Waals surface area contributed by atoms with Gasteiger partial charge >= 0.3 is 5.97 Å². The van der Waals surface area contributed by atoms with Crippen LogP contribution in [0.4, 0.5) is 0 Å². The molecule has 3 heteroatoms. The zero-order valence-corrected chi connectivity index (χ0v) is 7.14. The number of hydrogen-bond donors (Lipinski definition) is 1. The minimum atomic E-state index is -0.227. The summed E-state index contributed by atoms with van der Waals surface area (Å²) in [6.07, 6.45) is 1.78. The maximum atomic E-state index is 11.3. The number of hydrogen-bond acceptors (Lipinski definition) is 3. The smallest absolute Gasteiger partial charge is 0.313 e. The molecule has 1 unspecified atom stereocenters. The molecule has 0 aromatic heterocycles. The fourth-order valence-electron chi connectivity index (χ4n) is 1.58. The second-order valence-electron chi connectivity index (χ2n) is 3.05. The Balaban J connectivity index is 2.66. The van der Waals surface area contributed by atoms with Gasteiger partial charge in [0.1, 0.15) is 0 Å². The molecule has 1 fully saturated rings. The third kappa shape index (κ3) is 1.38. The Morgan fingerprint density at radius 3 is 2.82 bits per heavy atom. The number of ether oxygens (including phenoxy) is 1. The van der Waals surface area contributed by atoms with Crippen molar-refractivity contribution in [3.05, 3.63) is 0 Å². The summed E-state index contributed by atoms with van der Waals surface area (Å²) < 4.78 is 4.75. The summed E-state index contributed by atoms with van der Waals surface area (Å²) in [7, 11) is 1.46. The van der Waals surface area contributed by atoms with E-state index < -0.39 is 0 Å². The zero-order valence-electron chi connectivity index (χ0n) is 7.14. The van der Waals surface area contributed by atoms with Gasteiger partial charge in [0, 0.05) is 6.54 Å². The standard InChI is InChI=1S/C8H15NO2/c1-3-8(7(10)11-2)4-5-9-6-8/h9H,3-6H2,1-2H3. The molecule has 1 saturated heterocycles. The van der Waals surface area contributed by atoms with Crippen LogP contribution in [0.1, 0.15) is 19.8 Å². The van der Waals surface area contributed by atoms with Gasteiger partial charge in [-0.1, -0.05) is 6.92 Å². The van der Waals surface area contributed by atoms with E-state index in [1.165, 1.54) is 7.11 Å². The first-order valence-electron chi connectivity index (χ1n) is 4.04. The summed E-state index contributed by atoms with van der Waals surface area (Å²) in [6.45, 7) is 3.74. The van der Waals surface area contributed by atoms with Crippen molar-refractivity contribution in [3.8, 4) is 0 Å². The van der Waals surface area contributed by atoms with E-state index in [0.29, 0.717) is 0 Å². The number of esters is 1. The van der Waals surface area contributed by atoms with Crippen molar-refractivity contribution in [2.45, 2.75) is 19.8 Å². The number of carbonyl (C=O) groups is 1. The van der Waals surface area contributed by atoms with Crippen LogP contribution >= 0.6 is 0 Å². The largest absolute Gasteiger partial charge is 0.469 e. The molecule has 11 heavy (non-hydrogen) atoms. The van der Waals surface area contributed by atoms with Crippen molar-refractivity contribution < 1.29 is 9.53 Å². The van der Waals surface area contributed by atoms with Crippen molar-refractivity contribution in [2.75, 3.05) is 20.2 Å². The van der Waals surface area contributed by atoms with E-state index in [1.54, 1.807) is 0 Å². The van der Waals surface area contributed by atoms with Crippen LogP contribution in [0.5, 0.6) is 0 Å². The predicted molar refractivity (Wildman–Crippen MR) is 42.2 cm³/mol. The van der Waals surface area contributed by atoms with Crippen LogP contribution in [0.25, 0.3) is 0 Å². The van der Waals surface area contributed by atoms with Crippen LogP contribution < -0.4 is 5.32 Å². The van der Waals surface area contributed by atoms with Crippen molar-refractivity contribution in [2.24, 2.45) is 5.41 Å². The van der Waals surface area contributed by atoms with Gasteiger partial charge in [0.05, 0.1) is 12.5 Å². The number of methoxy groups -OCH3 is 1. The van der Waals surface area contributed by atoms with E-state index in [9.17, 15) is 4.79 Å². The summed E-state index contributed by atoms with van der Waals surface area (Å²) in [6, 6.07) is 0. The molecule has 0 bridgehead atoms. The van der Waals surface area contributed by atoms with Crippen LogP contribution in [-0.2, 0) is 9.53 Å². The molecule has 1 rings (SSSR count). The number of rotatable bonds is 2. The first-order chi connectivity index (χ1) is 5.25. The first kappa shape index (κ1) is 8.53. The van der Waals surface area contributed by atoms with Gasteiger partial charge in [-0.3, -0.25) is 4.79 Å². The normalized spacial score (nSPS) is 30.4. The first-order valence-corrected chi connectivity index (χ1v) is 4.04. The van der Waals surface area contributed by atoms with Crippen molar-refractivity contribution in [1.29, 1.82) is 0 Å². The molecule has 3 nitrogen and oxygen atoms in total. The van der Waals surface area contributed by atoms with Gasteiger partial charge in [-0.05, 0) is 19.4 Å². The molecule has 0 spiro atoms. The maximum Gasteiger partial charge on any atom is 0.313 e. The Bertz CT molecular complexity index is 150. The van der Waals surface area contributed by atoms with Gasteiger partial charge in [0.2, 0.25) is 0 Å². The quantitative estimate of drug-likeness (QED) is 0.595. The lowest BCUT2D eigenvalue weighted by molar-refractivity contribution is -0.151. The van der Waals surface area contributed by atoms with Crippen LogP contribution in [0.3, 0.4) is 0 Å². The zero-order chi connectivity index (χ0) is 8.32. The Hall–Kier alpha value is -0.570. The van der Waals surface area contributed by atoms with Gasteiger partial charge in [-0.15, -0.1) is 0 Å². The summed E-state index contributed by atoms with van der Waals surface area (Å²) in [4.78, 5) is 11.3. The van der Waals surface area contributed by atoms with E-state index in [2.05, 4.69) is 5.32 Å². The van der Waals surface area contributed by atoms with Gasteiger partial charge in [0.15, 0.2) is 0 Å². The average molecular weight is 157 g/mol. The van der Waals surface area contributed by atoms with Gasteiger partial charge in [0.25, 0.3) is 0 Å². The number of carbonyl (C=O) groups excluding carboxylic acids is 1. The molecule has 0 aromatic carbocycles. The molecular formula is C8H15NO2. The van der Waals surface area contributed by atoms with Crippen LogP contribution in [-0.4, -0.2) is 26.2 Å². The lowest BCUT2D eigenvalue weighted by atomic mass is 9.84. The van der Waals surface area contributed by atoms with E-state index in [-0.39, 0.29) is 11.4 Å². The second-order valence-corrected chi connectivity index (χ2v) is 3.05. The minimum absolute atomic E-state index is 0.0648. The summed E-state index contributed by atoms with van der Waals surface area (Å²) in [5.41, 5.74) is -0.227. The topological polar surface area (TPSA) is 38.3 Å².